The molecule has 0 radical (unpaired) electrons. The summed E-state index contributed by atoms with van der Waals surface area (Å²) in [5.41, 5.74) is 6.43. The fraction of sp³-hybridized carbons (Fsp3) is 0.409. The minimum atomic E-state index is -1.88. The second-order valence-corrected chi connectivity index (χ2v) is 8.00. The van der Waals surface area contributed by atoms with E-state index in [1.165, 1.54) is 12.1 Å². The second kappa shape index (κ2) is 12.3. The molecule has 0 unspecified atom stereocenters. The largest absolute Gasteiger partial charge is 0.481 e. The molecule has 1 aliphatic heterocycles. The van der Waals surface area contributed by atoms with E-state index in [0.717, 1.165) is 0 Å². The smallest absolute Gasteiger partial charge is 0.335 e. The Hall–Kier alpha value is -4.49. The molecule has 1 saturated heterocycles. The molecular formula is C22H26N4O10. The van der Waals surface area contributed by atoms with Crippen LogP contribution < -0.4 is 11.1 Å². The number of nitrogen functional groups attached to an aromatic ring is 1. The van der Waals surface area contributed by atoms with Crippen LogP contribution in [-0.2, 0) is 24.0 Å². The molecule has 0 bridgehead atoms. The Kier molecular flexibility index (Phi) is 9.47. The summed E-state index contributed by atoms with van der Waals surface area (Å²) in [6.45, 7) is 0.165. The summed E-state index contributed by atoms with van der Waals surface area (Å²) >= 11 is 0. The third-order valence-corrected chi connectivity index (χ3v) is 5.44. The molecule has 0 saturated carbocycles. The number of amides is 5. The molecule has 1 aliphatic rings. The minimum absolute atomic E-state index is 0.158. The van der Waals surface area contributed by atoms with E-state index in [9.17, 15) is 43.8 Å². The number of unbranched alkanes of at least 4 members (excludes halogenated alkanes) is 1. The molecule has 1 aromatic rings. The Labute approximate surface area is 204 Å². The summed E-state index contributed by atoms with van der Waals surface area (Å²) in [5.74, 6) is -7.22. The molecule has 1 aromatic carbocycles. The van der Waals surface area contributed by atoms with Crippen molar-refractivity contribution in [3.63, 3.8) is 0 Å². The SMILES string of the molecule is Nc1ccc(C(=O)NCCCC[C@@H](C(=O)O)N2C(=O)CC(=O)N([C@@H](CCC(=O)O)C(=O)O)C2=O)cc1. The lowest BCUT2D eigenvalue weighted by atomic mass is 10.0. The third-order valence-electron chi connectivity index (χ3n) is 5.44. The number of benzene rings is 1. The zero-order chi connectivity index (χ0) is 27.0. The number of nitrogens with zero attached hydrogens (tertiary/aromatic N) is 2. The van der Waals surface area contributed by atoms with Gasteiger partial charge in [-0.1, -0.05) is 0 Å². The summed E-state index contributed by atoms with van der Waals surface area (Å²) in [4.78, 5) is 84.6. The number of carboxylic acids is 3. The second-order valence-electron chi connectivity index (χ2n) is 8.00. The van der Waals surface area contributed by atoms with Crippen molar-refractivity contribution in [1.82, 2.24) is 15.1 Å². The van der Waals surface area contributed by atoms with Gasteiger partial charge in [-0.05, 0) is 49.9 Å². The van der Waals surface area contributed by atoms with Crippen LogP contribution in [0.4, 0.5) is 10.5 Å². The third kappa shape index (κ3) is 7.01. The van der Waals surface area contributed by atoms with Crippen LogP contribution in [0.25, 0.3) is 0 Å². The number of nitrogens with one attached hydrogen (secondary N) is 1. The molecule has 194 valence electrons. The van der Waals surface area contributed by atoms with Crippen molar-refractivity contribution >= 4 is 47.3 Å². The van der Waals surface area contributed by atoms with Crippen LogP contribution in [0.15, 0.2) is 24.3 Å². The van der Waals surface area contributed by atoms with Gasteiger partial charge in [0.05, 0.1) is 0 Å². The van der Waals surface area contributed by atoms with E-state index >= 15 is 0 Å². The number of hydrogen-bond acceptors (Lipinski definition) is 8. The summed E-state index contributed by atoms with van der Waals surface area (Å²) < 4.78 is 0. The maximum Gasteiger partial charge on any atom is 0.335 e. The van der Waals surface area contributed by atoms with Crippen molar-refractivity contribution in [2.24, 2.45) is 0 Å². The first-order valence-electron chi connectivity index (χ1n) is 10.9. The van der Waals surface area contributed by atoms with E-state index < -0.39 is 67.1 Å². The van der Waals surface area contributed by atoms with Crippen LogP contribution in [0.2, 0.25) is 0 Å². The van der Waals surface area contributed by atoms with Gasteiger partial charge in [-0.3, -0.25) is 19.2 Å². The maximum absolute atomic E-state index is 12.9. The first-order chi connectivity index (χ1) is 16.9. The molecule has 1 fully saturated rings. The topological polar surface area (TPSA) is 225 Å². The molecule has 36 heavy (non-hydrogen) atoms. The quantitative estimate of drug-likeness (QED) is 0.137. The molecule has 1 heterocycles. The van der Waals surface area contributed by atoms with Crippen molar-refractivity contribution < 1.29 is 48.9 Å². The van der Waals surface area contributed by atoms with Gasteiger partial charge in [-0.2, -0.15) is 0 Å². The lowest BCUT2D eigenvalue weighted by Crippen LogP contribution is -2.63. The summed E-state index contributed by atoms with van der Waals surface area (Å²) in [5, 5.41) is 30.5. The minimum Gasteiger partial charge on any atom is -0.481 e. The molecule has 5 amide bonds. The van der Waals surface area contributed by atoms with Crippen molar-refractivity contribution in [2.75, 3.05) is 12.3 Å². The van der Waals surface area contributed by atoms with Crippen LogP contribution >= 0.6 is 0 Å². The van der Waals surface area contributed by atoms with Crippen molar-refractivity contribution in [2.45, 2.75) is 50.6 Å². The van der Waals surface area contributed by atoms with Crippen LogP contribution in [0, 0.1) is 0 Å². The first-order valence-corrected chi connectivity index (χ1v) is 10.9. The average Bonchev–Trinajstić information content (AvgIpc) is 2.79. The zero-order valence-electron chi connectivity index (χ0n) is 19.1. The van der Waals surface area contributed by atoms with Gasteiger partial charge in [-0.15, -0.1) is 0 Å². The van der Waals surface area contributed by atoms with Gasteiger partial charge in [0, 0.05) is 24.2 Å². The number of aliphatic carboxylic acids is 3. The number of imide groups is 2. The molecule has 2 rings (SSSR count). The number of carboxylic acid groups (broad SMARTS) is 3. The van der Waals surface area contributed by atoms with Crippen LogP contribution in [0.5, 0.6) is 0 Å². The first kappa shape index (κ1) is 27.8. The van der Waals surface area contributed by atoms with Gasteiger partial charge >= 0.3 is 23.9 Å². The number of carbonyl (C=O) groups is 7. The molecule has 0 spiro atoms. The number of rotatable bonds is 13. The van der Waals surface area contributed by atoms with Crippen molar-refractivity contribution in [3.05, 3.63) is 29.8 Å². The Morgan fingerprint density at radius 2 is 1.39 bits per heavy atom. The predicted molar refractivity (Wildman–Crippen MR) is 120 cm³/mol. The maximum atomic E-state index is 12.9. The number of barbiturate groups is 1. The normalized spacial score (nSPS) is 15.4. The lowest BCUT2D eigenvalue weighted by molar-refractivity contribution is -0.158. The van der Waals surface area contributed by atoms with E-state index in [-0.39, 0.29) is 30.2 Å². The van der Waals surface area contributed by atoms with E-state index in [1.807, 2.05) is 0 Å². The van der Waals surface area contributed by atoms with Crippen LogP contribution in [0.3, 0.4) is 0 Å². The molecule has 2 atom stereocenters. The predicted octanol–water partition coefficient (Wildman–Crippen LogP) is 0.121. The molecule has 14 heteroatoms. The number of carbonyl (C=O) groups excluding carboxylic acids is 4. The fourth-order valence-corrected chi connectivity index (χ4v) is 3.63. The van der Waals surface area contributed by atoms with Gasteiger partial charge in [-0.25, -0.2) is 24.2 Å². The van der Waals surface area contributed by atoms with Gasteiger partial charge in [0.15, 0.2) is 0 Å². The van der Waals surface area contributed by atoms with Gasteiger partial charge < -0.3 is 26.4 Å². The number of nitrogens with two attached hydrogens (primary N) is 1. The van der Waals surface area contributed by atoms with Crippen molar-refractivity contribution in [3.8, 4) is 0 Å². The number of anilines is 1. The van der Waals surface area contributed by atoms with E-state index in [1.54, 1.807) is 12.1 Å². The van der Waals surface area contributed by atoms with E-state index in [4.69, 9.17) is 10.8 Å². The van der Waals surface area contributed by atoms with E-state index in [2.05, 4.69) is 5.32 Å². The molecule has 0 aliphatic carbocycles. The Morgan fingerprint density at radius 1 is 0.861 bits per heavy atom. The van der Waals surface area contributed by atoms with E-state index in [0.29, 0.717) is 22.6 Å². The molecule has 14 nitrogen and oxygen atoms in total. The lowest BCUT2D eigenvalue weighted by Gasteiger charge is -2.38. The Bertz CT molecular complexity index is 1060. The molecular weight excluding hydrogens is 480 g/mol. The van der Waals surface area contributed by atoms with Crippen molar-refractivity contribution in [1.29, 1.82) is 0 Å². The highest BCUT2D eigenvalue weighted by atomic mass is 16.4. The van der Waals surface area contributed by atoms with Crippen LogP contribution in [0.1, 0.15) is 48.9 Å². The average molecular weight is 506 g/mol. The Balaban J connectivity index is 2.04. The van der Waals surface area contributed by atoms with Gasteiger partial charge in [0.25, 0.3) is 5.91 Å². The Morgan fingerprint density at radius 3 is 1.89 bits per heavy atom. The highest BCUT2D eigenvalue weighted by Gasteiger charge is 2.48. The summed E-state index contributed by atoms with van der Waals surface area (Å²) in [6.07, 6.45) is -2.00. The van der Waals surface area contributed by atoms with Gasteiger partial charge in [0.2, 0.25) is 11.8 Å². The number of urea groups is 1. The highest BCUT2D eigenvalue weighted by molar-refractivity contribution is 6.16. The summed E-state index contributed by atoms with van der Waals surface area (Å²) in [7, 11) is 0. The monoisotopic (exact) mass is 506 g/mol. The van der Waals surface area contributed by atoms with Crippen LogP contribution in [-0.4, -0.2) is 85.4 Å². The fourth-order valence-electron chi connectivity index (χ4n) is 3.63. The molecule has 0 aromatic heterocycles. The highest BCUT2D eigenvalue weighted by Crippen LogP contribution is 2.23. The standard InChI is InChI=1S/C22H26N4O10/c23-13-6-4-12(5-7-13)19(31)24-10-2-1-3-14(20(32)33)25-16(27)11-17(28)26(22(25)36)15(21(34)35)8-9-18(29)30/h4-7,14-15H,1-3,8-11,23H2,(H,24,31)(H,29,30)(H,32,33)(H,34,35)/t14-,15-/m0/s1. The number of hydrogen-bond donors (Lipinski definition) is 5. The molecule has 6 N–H and O–H groups in total. The zero-order valence-corrected chi connectivity index (χ0v) is 19.1. The summed E-state index contributed by atoms with van der Waals surface area (Å²) in [6, 6.07) is 1.18. The van der Waals surface area contributed by atoms with Gasteiger partial charge in [0.1, 0.15) is 18.5 Å².